The molecule has 0 radical (unpaired) electrons. The van der Waals surface area contributed by atoms with E-state index in [1.54, 1.807) is 26.8 Å². The molecule has 0 bridgehead atoms. The summed E-state index contributed by atoms with van der Waals surface area (Å²) in [6.07, 6.45) is 0.665. The quantitative estimate of drug-likeness (QED) is 0.307. The molecule has 4 aromatic rings. The summed E-state index contributed by atoms with van der Waals surface area (Å²) in [5.74, 6) is -1.47. The standard InChI is InChI=1S/C26H22ClFN4O4/c1-26(2,3)35-25(34)30-17-9-10-19(27)18(12-17)24(33)31-23-20(28)11-16(14-29-23)22-13-21(32-36-22)15-7-5-4-6-8-15/h4-14H,1-3H3,(H,30,34)(H,29,31,33). The van der Waals surface area contributed by atoms with Crippen molar-refractivity contribution < 1.29 is 23.2 Å². The molecule has 0 fully saturated rings. The number of carbonyl (C=O) groups is 2. The molecular weight excluding hydrogens is 487 g/mol. The van der Waals surface area contributed by atoms with E-state index in [-0.39, 0.29) is 22.1 Å². The van der Waals surface area contributed by atoms with E-state index in [0.29, 0.717) is 17.0 Å². The number of hydrogen-bond donors (Lipinski definition) is 2. The van der Waals surface area contributed by atoms with Crippen LogP contribution in [0.15, 0.2) is 71.4 Å². The average molecular weight is 509 g/mol. The number of rotatable bonds is 5. The van der Waals surface area contributed by atoms with Gasteiger partial charge in [0.25, 0.3) is 5.91 Å². The van der Waals surface area contributed by atoms with E-state index < -0.39 is 23.4 Å². The second-order valence-electron chi connectivity index (χ2n) is 8.77. The Hall–Kier alpha value is -4.24. The molecule has 2 heterocycles. The number of pyridine rings is 1. The van der Waals surface area contributed by atoms with Crippen molar-refractivity contribution in [3.63, 3.8) is 0 Å². The summed E-state index contributed by atoms with van der Waals surface area (Å²) in [5, 5.41) is 9.04. The van der Waals surface area contributed by atoms with E-state index in [0.717, 1.165) is 5.56 Å². The van der Waals surface area contributed by atoms with Gasteiger partial charge in [-0.3, -0.25) is 10.1 Å². The molecule has 0 spiro atoms. The van der Waals surface area contributed by atoms with Gasteiger partial charge in [-0.15, -0.1) is 0 Å². The molecule has 2 aromatic carbocycles. The fourth-order valence-electron chi connectivity index (χ4n) is 3.19. The molecule has 0 aliphatic rings. The number of anilines is 2. The van der Waals surface area contributed by atoms with Crippen LogP contribution < -0.4 is 10.6 Å². The van der Waals surface area contributed by atoms with Crippen LogP contribution in [0.5, 0.6) is 0 Å². The summed E-state index contributed by atoms with van der Waals surface area (Å²) in [7, 11) is 0. The van der Waals surface area contributed by atoms with Gasteiger partial charge in [-0.2, -0.15) is 0 Å². The van der Waals surface area contributed by atoms with Crippen LogP contribution in [0.4, 0.5) is 20.7 Å². The van der Waals surface area contributed by atoms with Crippen molar-refractivity contribution in [2.45, 2.75) is 26.4 Å². The van der Waals surface area contributed by atoms with Crippen LogP contribution in [0.2, 0.25) is 5.02 Å². The maximum atomic E-state index is 14.8. The molecular formula is C26H22ClFN4O4. The van der Waals surface area contributed by atoms with Crippen molar-refractivity contribution in [2.75, 3.05) is 10.6 Å². The van der Waals surface area contributed by atoms with Crippen molar-refractivity contribution >= 4 is 35.1 Å². The summed E-state index contributed by atoms with van der Waals surface area (Å²) >= 11 is 6.16. The lowest BCUT2D eigenvalue weighted by Crippen LogP contribution is -2.27. The van der Waals surface area contributed by atoms with Gasteiger partial charge in [0.2, 0.25) is 0 Å². The molecule has 10 heteroatoms. The Kier molecular flexibility index (Phi) is 7.03. The molecule has 8 nitrogen and oxygen atoms in total. The Morgan fingerprint density at radius 3 is 2.44 bits per heavy atom. The van der Waals surface area contributed by atoms with Gasteiger partial charge < -0.3 is 14.6 Å². The molecule has 0 aliphatic heterocycles. The number of nitrogens with zero attached hydrogens (tertiary/aromatic N) is 2. The number of carbonyl (C=O) groups excluding carboxylic acids is 2. The van der Waals surface area contributed by atoms with Crippen LogP contribution in [0.3, 0.4) is 0 Å². The number of aromatic nitrogens is 2. The van der Waals surface area contributed by atoms with Gasteiger partial charge in [0, 0.05) is 29.1 Å². The number of nitrogens with one attached hydrogen (secondary N) is 2. The second kappa shape index (κ2) is 10.2. The third-order valence-corrected chi connectivity index (χ3v) is 5.12. The smallest absolute Gasteiger partial charge is 0.412 e. The molecule has 36 heavy (non-hydrogen) atoms. The summed E-state index contributed by atoms with van der Waals surface area (Å²) in [6, 6.07) is 16.5. The Bertz CT molecular complexity index is 1420. The van der Waals surface area contributed by atoms with Crippen LogP contribution in [-0.2, 0) is 4.74 Å². The number of benzene rings is 2. The highest BCUT2D eigenvalue weighted by Crippen LogP contribution is 2.28. The molecule has 0 saturated heterocycles. The third-order valence-electron chi connectivity index (χ3n) is 4.79. The molecule has 2 amide bonds. The molecule has 4 rings (SSSR count). The fraction of sp³-hybridized carbons (Fsp3) is 0.154. The molecule has 0 saturated carbocycles. The van der Waals surface area contributed by atoms with Crippen molar-refractivity contribution in [1.29, 1.82) is 0 Å². The van der Waals surface area contributed by atoms with E-state index >= 15 is 0 Å². The normalized spacial score (nSPS) is 11.1. The SMILES string of the molecule is CC(C)(C)OC(=O)Nc1ccc(Cl)c(C(=O)Nc2ncc(-c3cc(-c4ccccc4)no3)cc2F)c1. The third kappa shape index (κ3) is 6.05. The minimum Gasteiger partial charge on any atom is -0.444 e. The number of halogens is 2. The van der Waals surface area contributed by atoms with Crippen LogP contribution in [0.25, 0.3) is 22.6 Å². The van der Waals surface area contributed by atoms with Crippen molar-refractivity contribution in [1.82, 2.24) is 10.1 Å². The van der Waals surface area contributed by atoms with Gasteiger partial charge >= 0.3 is 6.09 Å². The van der Waals surface area contributed by atoms with Crippen LogP contribution in [-0.4, -0.2) is 27.7 Å². The Morgan fingerprint density at radius 1 is 1.00 bits per heavy atom. The molecule has 184 valence electrons. The van der Waals surface area contributed by atoms with Crippen LogP contribution >= 0.6 is 11.6 Å². The predicted molar refractivity (Wildman–Crippen MR) is 134 cm³/mol. The van der Waals surface area contributed by atoms with Gasteiger partial charge in [-0.1, -0.05) is 47.1 Å². The zero-order valence-electron chi connectivity index (χ0n) is 19.6. The van der Waals surface area contributed by atoms with Gasteiger partial charge in [0.1, 0.15) is 11.3 Å². The summed E-state index contributed by atoms with van der Waals surface area (Å²) in [5.41, 5.74) is 1.39. The molecule has 2 N–H and O–H groups in total. The minimum absolute atomic E-state index is 0.0123. The lowest BCUT2D eigenvalue weighted by molar-refractivity contribution is 0.0635. The van der Waals surface area contributed by atoms with Crippen molar-refractivity contribution in [3.05, 3.63) is 83.3 Å². The van der Waals surface area contributed by atoms with Crippen molar-refractivity contribution in [3.8, 4) is 22.6 Å². The van der Waals surface area contributed by atoms with Crippen molar-refractivity contribution in [2.24, 2.45) is 0 Å². The maximum absolute atomic E-state index is 14.8. The molecule has 0 atom stereocenters. The average Bonchev–Trinajstić information content (AvgIpc) is 3.31. The Balaban J connectivity index is 1.49. The highest BCUT2D eigenvalue weighted by Gasteiger charge is 2.19. The zero-order chi connectivity index (χ0) is 25.9. The summed E-state index contributed by atoms with van der Waals surface area (Å²) in [4.78, 5) is 28.8. The number of amides is 2. The summed E-state index contributed by atoms with van der Waals surface area (Å²) < 4.78 is 25.3. The number of hydrogen-bond acceptors (Lipinski definition) is 6. The first-order chi connectivity index (χ1) is 17.1. The first-order valence-corrected chi connectivity index (χ1v) is 11.3. The molecule has 0 aliphatic carbocycles. The zero-order valence-corrected chi connectivity index (χ0v) is 20.4. The summed E-state index contributed by atoms with van der Waals surface area (Å²) in [6.45, 7) is 5.18. The topological polar surface area (TPSA) is 106 Å². The first kappa shape index (κ1) is 24.9. The van der Waals surface area contributed by atoms with Gasteiger partial charge in [0.15, 0.2) is 17.4 Å². The van der Waals surface area contributed by atoms with Crippen LogP contribution in [0, 0.1) is 5.82 Å². The highest BCUT2D eigenvalue weighted by molar-refractivity contribution is 6.34. The molecule has 2 aromatic heterocycles. The van der Waals surface area contributed by atoms with E-state index in [4.69, 9.17) is 20.9 Å². The monoisotopic (exact) mass is 508 g/mol. The van der Waals surface area contributed by atoms with Crippen LogP contribution in [0.1, 0.15) is 31.1 Å². The van der Waals surface area contributed by atoms with E-state index in [1.807, 2.05) is 30.3 Å². The Morgan fingerprint density at radius 2 is 1.75 bits per heavy atom. The van der Waals surface area contributed by atoms with E-state index in [1.165, 1.54) is 30.5 Å². The van der Waals surface area contributed by atoms with Gasteiger partial charge in [-0.25, -0.2) is 14.2 Å². The molecule has 0 unspecified atom stereocenters. The lowest BCUT2D eigenvalue weighted by Gasteiger charge is -2.19. The Labute approximate surface area is 211 Å². The lowest BCUT2D eigenvalue weighted by atomic mass is 10.1. The first-order valence-electron chi connectivity index (χ1n) is 10.9. The van der Waals surface area contributed by atoms with Gasteiger partial charge in [-0.05, 0) is 45.0 Å². The fourth-order valence-corrected chi connectivity index (χ4v) is 3.40. The van der Waals surface area contributed by atoms with E-state index in [9.17, 15) is 14.0 Å². The van der Waals surface area contributed by atoms with E-state index in [2.05, 4.69) is 20.8 Å². The predicted octanol–water partition coefficient (Wildman–Crippen LogP) is 6.80. The second-order valence-corrected chi connectivity index (χ2v) is 9.18. The minimum atomic E-state index is -0.780. The number of ether oxygens (including phenoxy) is 1. The van der Waals surface area contributed by atoms with Gasteiger partial charge in [0.05, 0.1) is 10.6 Å². The largest absolute Gasteiger partial charge is 0.444 e. The maximum Gasteiger partial charge on any atom is 0.412 e. The highest BCUT2D eigenvalue weighted by atomic mass is 35.5.